The molecule has 3 heteroatoms. The molecule has 0 unspecified atom stereocenters. The summed E-state index contributed by atoms with van der Waals surface area (Å²) < 4.78 is 2.33. The Morgan fingerprint density at radius 3 is 3.08 bits per heavy atom. The van der Waals surface area contributed by atoms with Crippen molar-refractivity contribution >= 4 is 11.8 Å². The fraction of sp³-hybridized carbons (Fsp3) is 0.600. The van der Waals surface area contributed by atoms with Crippen molar-refractivity contribution in [1.29, 1.82) is 0 Å². The highest BCUT2D eigenvalue weighted by molar-refractivity contribution is 7.98. The summed E-state index contributed by atoms with van der Waals surface area (Å²) in [5.74, 6) is 1.25. The SMILES string of the molecule is CNCc1cccn1CCCSC. The molecule has 0 amide bonds. The van der Waals surface area contributed by atoms with E-state index in [-0.39, 0.29) is 0 Å². The van der Waals surface area contributed by atoms with Gasteiger partial charge in [-0.1, -0.05) is 0 Å². The minimum Gasteiger partial charge on any atom is -0.350 e. The van der Waals surface area contributed by atoms with Gasteiger partial charge in [-0.25, -0.2) is 0 Å². The van der Waals surface area contributed by atoms with Gasteiger partial charge in [0.25, 0.3) is 0 Å². The number of aromatic nitrogens is 1. The maximum Gasteiger partial charge on any atom is 0.0356 e. The quantitative estimate of drug-likeness (QED) is 0.704. The van der Waals surface area contributed by atoms with Gasteiger partial charge in [-0.05, 0) is 37.6 Å². The Morgan fingerprint density at radius 1 is 1.54 bits per heavy atom. The van der Waals surface area contributed by atoms with E-state index in [2.05, 4.69) is 34.5 Å². The molecule has 0 aliphatic rings. The number of rotatable bonds is 6. The van der Waals surface area contributed by atoms with Gasteiger partial charge >= 0.3 is 0 Å². The summed E-state index contributed by atoms with van der Waals surface area (Å²) in [7, 11) is 1.99. The molecule has 0 bridgehead atoms. The first-order chi connectivity index (χ1) is 6.38. The second-order valence-electron chi connectivity index (χ2n) is 3.07. The third kappa shape index (κ3) is 3.44. The van der Waals surface area contributed by atoms with Gasteiger partial charge in [0, 0.05) is 25.0 Å². The highest BCUT2D eigenvalue weighted by Gasteiger charge is 1.98. The first-order valence-electron chi connectivity index (χ1n) is 4.66. The number of nitrogens with zero attached hydrogens (tertiary/aromatic N) is 1. The van der Waals surface area contributed by atoms with Crippen molar-refractivity contribution in [3.8, 4) is 0 Å². The Morgan fingerprint density at radius 2 is 2.38 bits per heavy atom. The fourth-order valence-electron chi connectivity index (χ4n) is 1.39. The van der Waals surface area contributed by atoms with Crippen LogP contribution in [0.15, 0.2) is 18.3 Å². The highest BCUT2D eigenvalue weighted by atomic mass is 32.2. The lowest BCUT2D eigenvalue weighted by atomic mass is 10.4. The van der Waals surface area contributed by atoms with E-state index in [0.717, 1.165) is 13.1 Å². The zero-order valence-electron chi connectivity index (χ0n) is 8.42. The van der Waals surface area contributed by atoms with E-state index in [1.165, 1.54) is 17.9 Å². The molecule has 0 spiro atoms. The molecule has 1 N–H and O–H groups in total. The second-order valence-corrected chi connectivity index (χ2v) is 4.06. The Bertz CT molecular complexity index is 233. The van der Waals surface area contributed by atoms with Crippen LogP contribution in [0.4, 0.5) is 0 Å². The van der Waals surface area contributed by atoms with Crippen LogP contribution in [-0.2, 0) is 13.1 Å². The summed E-state index contributed by atoms with van der Waals surface area (Å²) in [6.45, 7) is 2.11. The summed E-state index contributed by atoms with van der Waals surface area (Å²) in [5, 5.41) is 3.17. The third-order valence-corrected chi connectivity index (χ3v) is 2.73. The van der Waals surface area contributed by atoms with Crippen molar-refractivity contribution < 1.29 is 0 Å². The molecule has 13 heavy (non-hydrogen) atoms. The Hall–Kier alpha value is -0.410. The average Bonchev–Trinajstić information content (AvgIpc) is 2.54. The van der Waals surface area contributed by atoms with Crippen LogP contribution in [0.5, 0.6) is 0 Å². The van der Waals surface area contributed by atoms with Crippen LogP contribution in [0.3, 0.4) is 0 Å². The molecule has 74 valence electrons. The van der Waals surface area contributed by atoms with Crippen LogP contribution in [-0.4, -0.2) is 23.6 Å². The van der Waals surface area contributed by atoms with Gasteiger partial charge in [0.1, 0.15) is 0 Å². The first-order valence-corrected chi connectivity index (χ1v) is 6.05. The molecule has 0 atom stereocenters. The molecule has 1 aromatic heterocycles. The van der Waals surface area contributed by atoms with Crippen molar-refractivity contribution in [3.05, 3.63) is 24.0 Å². The molecule has 1 rings (SSSR count). The zero-order valence-corrected chi connectivity index (χ0v) is 9.23. The van der Waals surface area contributed by atoms with Crippen molar-refractivity contribution in [2.75, 3.05) is 19.1 Å². The largest absolute Gasteiger partial charge is 0.350 e. The van der Waals surface area contributed by atoms with E-state index in [1.54, 1.807) is 0 Å². The molecule has 0 aliphatic carbocycles. The lowest BCUT2D eigenvalue weighted by molar-refractivity contribution is 0.632. The normalized spacial score (nSPS) is 10.6. The summed E-state index contributed by atoms with van der Waals surface area (Å²) >= 11 is 1.91. The molecule has 0 radical (unpaired) electrons. The molecule has 0 aliphatic heterocycles. The van der Waals surface area contributed by atoms with E-state index >= 15 is 0 Å². The van der Waals surface area contributed by atoms with Gasteiger partial charge in [-0.2, -0.15) is 11.8 Å². The summed E-state index contributed by atoms with van der Waals surface area (Å²) in [6.07, 6.45) is 5.57. The number of hydrogen-bond acceptors (Lipinski definition) is 2. The molecule has 0 saturated carbocycles. The minimum atomic E-state index is 0.965. The maximum atomic E-state index is 3.17. The smallest absolute Gasteiger partial charge is 0.0356 e. The number of aryl methyl sites for hydroxylation is 1. The predicted octanol–water partition coefficient (Wildman–Crippen LogP) is 1.96. The molecular formula is C10H18N2S. The molecular weight excluding hydrogens is 180 g/mol. The Balaban J connectivity index is 2.40. The summed E-state index contributed by atoms with van der Waals surface area (Å²) in [6, 6.07) is 4.29. The van der Waals surface area contributed by atoms with E-state index in [4.69, 9.17) is 0 Å². The van der Waals surface area contributed by atoms with Crippen molar-refractivity contribution in [3.63, 3.8) is 0 Å². The van der Waals surface area contributed by atoms with Gasteiger partial charge in [0.2, 0.25) is 0 Å². The van der Waals surface area contributed by atoms with E-state index in [9.17, 15) is 0 Å². The molecule has 0 fully saturated rings. The molecule has 0 saturated heterocycles. The zero-order chi connectivity index (χ0) is 9.52. The van der Waals surface area contributed by atoms with Crippen LogP contribution >= 0.6 is 11.8 Å². The lowest BCUT2D eigenvalue weighted by Gasteiger charge is -2.07. The summed E-state index contributed by atoms with van der Waals surface area (Å²) in [4.78, 5) is 0. The molecule has 2 nitrogen and oxygen atoms in total. The predicted molar refractivity (Wildman–Crippen MR) is 60.2 cm³/mol. The second kappa shape index (κ2) is 6.11. The number of hydrogen-bond donors (Lipinski definition) is 1. The van der Waals surface area contributed by atoms with Gasteiger partial charge in [0.15, 0.2) is 0 Å². The van der Waals surface area contributed by atoms with Gasteiger partial charge < -0.3 is 9.88 Å². The topological polar surface area (TPSA) is 17.0 Å². The lowest BCUT2D eigenvalue weighted by Crippen LogP contribution is -2.11. The van der Waals surface area contributed by atoms with Crippen LogP contribution in [0, 0.1) is 0 Å². The Kier molecular flexibility index (Phi) is 5.01. The Labute approximate surface area is 84.7 Å². The van der Waals surface area contributed by atoms with Crippen molar-refractivity contribution in [2.24, 2.45) is 0 Å². The first kappa shape index (κ1) is 10.7. The van der Waals surface area contributed by atoms with Gasteiger partial charge in [-0.15, -0.1) is 0 Å². The number of thioether (sulfide) groups is 1. The number of nitrogens with one attached hydrogen (secondary N) is 1. The highest BCUT2D eigenvalue weighted by Crippen LogP contribution is 2.05. The van der Waals surface area contributed by atoms with Gasteiger partial charge in [-0.3, -0.25) is 0 Å². The maximum absolute atomic E-state index is 3.17. The fourth-order valence-corrected chi connectivity index (χ4v) is 1.81. The monoisotopic (exact) mass is 198 g/mol. The van der Waals surface area contributed by atoms with Crippen LogP contribution in [0.1, 0.15) is 12.1 Å². The van der Waals surface area contributed by atoms with Crippen LogP contribution in [0.25, 0.3) is 0 Å². The summed E-state index contributed by atoms with van der Waals surface area (Å²) in [5.41, 5.74) is 1.38. The molecule has 1 heterocycles. The van der Waals surface area contributed by atoms with E-state index in [1.807, 2.05) is 18.8 Å². The van der Waals surface area contributed by atoms with Crippen molar-refractivity contribution in [1.82, 2.24) is 9.88 Å². The standard InChI is InChI=1S/C10H18N2S/c1-11-9-10-5-3-6-12(10)7-4-8-13-2/h3,5-6,11H,4,7-9H2,1-2H3. The van der Waals surface area contributed by atoms with E-state index in [0.29, 0.717) is 0 Å². The average molecular weight is 198 g/mol. The van der Waals surface area contributed by atoms with Gasteiger partial charge in [0.05, 0.1) is 0 Å². The van der Waals surface area contributed by atoms with E-state index < -0.39 is 0 Å². The molecule has 0 aromatic carbocycles. The van der Waals surface area contributed by atoms with Crippen LogP contribution in [0.2, 0.25) is 0 Å². The van der Waals surface area contributed by atoms with Crippen molar-refractivity contribution in [2.45, 2.75) is 19.5 Å². The van der Waals surface area contributed by atoms with Crippen LogP contribution < -0.4 is 5.32 Å². The third-order valence-electron chi connectivity index (χ3n) is 2.03. The molecule has 1 aromatic rings. The minimum absolute atomic E-state index is 0.965.